The molecule has 1 unspecified atom stereocenters. The second kappa shape index (κ2) is 7.74. The van der Waals surface area contributed by atoms with Gasteiger partial charge in [0.1, 0.15) is 0 Å². The molecule has 2 rings (SSSR count). The highest BCUT2D eigenvalue weighted by Crippen LogP contribution is 2.26. The first kappa shape index (κ1) is 17.7. The van der Waals surface area contributed by atoms with Crippen LogP contribution in [0.2, 0.25) is 0 Å². The quantitative estimate of drug-likeness (QED) is 0.371. The summed E-state index contributed by atoms with van der Waals surface area (Å²) in [5, 5.41) is 13.0. The number of carbonyl (C=O) groups is 2. The van der Waals surface area contributed by atoms with Gasteiger partial charge in [0, 0.05) is 28.3 Å². The predicted molar refractivity (Wildman–Crippen MR) is 93.5 cm³/mol. The Hall–Kier alpha value is -2.67. The minimum absolute atomic E-state index is 0.0158. The number of nitro benzene ring substituents is 1. The third-order valence-corrected chi connectivity index (χ3v) is 4.40. The molecule has 1 atom stereocenters. The third-order valence-electron chi connectivity index (χ3n) is 3.29. The SMILES string of the molecule is CC(=O)c1ccc(NC(=O)C(C)Sc2ccc([N+](=O)[O-])cc2)cc1. The van der Waals surface area contributed by atoms with Crippen molar-refractivity contribution in [2.24, 2.45) is 0 Å². The smallest absolute Gasteiger partial charge is 0.269 e. The van der Waals surface area contributed by atoms with Crippen molar-refractivity contribution in [1.29, 1.82) is 0 Å². The lowest BCUT2D eigenvalue weighted by Gasteiger charge is -2.12. The first-order chi connectivity index (χ1) is 11.4. The molecule has 1 amide bonds. The topological polar surface area (TPSA) is 89.3 Å². The Balaban J connectivity index is 1.96. The molecule has 0 aromatic heterocycles. The third kappa shape index (κ3) is 4.66. The van der Waals surface area contributed by atoms with Crippen LogP contribution in [0.25, 0.3) is 0 Å². The number of nitrogens with zero attached hydrogens (tertiary/aromatic N) is 1. The number of hydrogen-bond donors (Lipinski definition) is 1. The zero-order chi connectivity index (χ0) is 17.7. The van der Waals surface area contributed by atoms with Crippen molar-refractivity contribution in [3.05, 3.63) is 64.2 Å². The van der Waals surface area contributed by atoms with E-state index in [-0.39, 0.29) is 22.6 Å². The Bertz CT molecular complexity index is 757. The van der Waals surface area contributed by atoms with Gasteiger partial charge in [-0.1, -0.05) is 0 Å². The highest BCUT2D eigenvalue weighted by atomic mass is 32.2. The van der Waals surface area contributed by atoms with Crippen LogP contribution in [-0.2, 0) is 4.79 Å². The number of nitro groups is 1. The molecule has 124 valence electrons. The molecule has 0 saturated carbocycles. The summed E-state index contributed by atoms with van der Waals surface area (Å²) in [6.07, 6.45) is 0. The van der Waals surface area contributed by atoms with E-state index in [1.54, 1.807) is 43.3 Å². The summed E-state index contributed by atoms with van der Waals surface area (Å²) in [6.45, 7) is 3.24. The average molecular weight is 344 g/mol. The van der Waals surface area contributed by atoms with Gasteiger partial charge in [-0.25, -0.2) is 0 Å². The Morgan fingerprint density at radius 2 is 1.67 bits per heavy atom. The number of nitrogens with one attached hydrogen (secondary N) is 1. The summed E-state index contributed by atoms with van der Waals surface area (Å²) < 4.78 is 0. The summed E-state index contributed by atoms with van der Waals surface area (Å²) in [7, 11) is 0. The highest BCUT2D eigenvalue weighted by Gasteiger charge is 2.15. The molecule has 24 heavy (non-hydrogen) atoms. The van der Waals surface area contributed by atoms with Crippen LogP contribution in [0.3, 0.4) is 0 Å². The average Bonchev–Trinajstić information content (AvgIpc) is 2.55. The lowest BCUT2D eigenvalue weighted by atomic mass is 10.1. The molecule has 0 aliphatic heterocycles. The van der Waals surface area contributed by atoms with Gasteiger partial charge in [-0.2, -0.15) is 0 Å². The maximum Gasteiger partial charge on any atom is 0.269 e. The number of rotatable bonds is 6. The van der Waals surface area contributed by atoms with Crippen LogP contribution in [0, 0.1) is 10.1 Å². The molecule has 6 nitrogen and oxygen atoms in total. The fourth-order valence-corrected chi connectivity index (χ4v) is 2.80. The number of amides is 1. The number of non-ortho nitro benzene ring substituents is 1. The summed E-state index contributed by atoms with van der Waals surface area (Å²) in [5.41, 5.74) is 1.21. The van der Waals surface area contributed by atoms with Crippen molar-refractivity contribution in [3.8, 4) is 0 Å². The van der Waals surface area contributed by atoms with E-state index >= 15 is 0 Å². The van der Waals surface area contributed by atoms with Crippen molar-refractivity contribution in [2.45, 2.75) is 24.0 Å². The van der Waals surface area contributed by atoms with E-state index in [1.165, 1.54) is 30.8 Å². The van der Waals surface area contributed by atoms with Gasteiger partial charge in [-0.15, -0.1) is 11.8 Å². The lowest BCUT2D eigenvalue weighted by molar-refractivity contribution is -0.384. The van der Waals surface area contributed by atoms with Crippen molar-refractivity contribution in [1.82, 2.24) is 0 Å². The van der Waals surface area contributed by atoms with Crippen LogP contribution in [0.1, 0.15) is 24.2 Å². The maximum atomic E-state index is 12.2. The van der Waals surface area contributed by atoms with E-state index in [4.69, 9.17) is 0 Å². The monoisotopic (exact) mass is 344 g/mol. The second-order valence-electron chi connectivity index (χ2n) is 5.13. The van der Waals surface area contributed by atoms with E-state index in [1.807, 2.05) is 0 Å². The van der Waals surface area contributed by atoms with Crippen molar-refractivity contribution < 1.29 is 14.5 Å². The number of carbonyl (C=O) groups excluding carboxylic acids is 2. The van der Waals surface area contributed by atoms with Crippen molar-refractivity contribution in [3.63, 3.8) is 0 Å². The summed E-state index contributed by atoms with van der Waals surface area (Å²) >= 11 is 1.31. The molecule has 0 bridgehead atoms. The minimum Gasteiger partial charge on any atom is -0.325 e. The molecule has 2 aromatic rings. The molecular formula is C17H16N2O4S. The van der Waals surface area contributed by atoms with Gasteiger partial charge in [0.15, 0.2) is 5.78 Å². The Kier molecular flexibility index (Phi) is 5.70. The number of Topliss-reactive ketones (excluding diaryl/α,β-unsaturated/α-hetero) is 1. The number of anilines is 1. The van der Waals surface area contributed by atoms with Gasteiger partial charge >= 0.3 is 0 Å². The Morgan fingerprint density at radius 1 is 1.08 bits per heavy atom. The molecular weight excluding hydrogens is 328 g/mol. The lowest BCUT2D eigenvalue weighted by Crippen LogP contribution is -2.22. The second-order valence-corrected chi connectivity index (χ2v) is 6.55. The summed E-state index contributed by atoms with van der Waals surface area (Å²) in [5.74, 6) is -0.219. The van der Waals surface area contributed by atoms with Crippen LogP contribution in [0.5, 0.6) is 0 Å². The van der Waals surface area contributed by atoms with E-state index in [0.29, 0.717) is 11.3 Å². The van der Waals surface area contributed by atoms with Gasteiger partial charge in [0.25, 0.3) is 5.69 Å². The molecule has 0 aliphatic carbocycles. The Labute approximate surface area is 143 Å². The minimum atomic E-state index is -0.463. The van der Waals surface area contributed by atoms with Crippen LogP contribution in [0.15, 0.2) is 53.4 Å². The molecule has 7 heteroatoms. The number of hydrogen-bond acceptors (Lipinski definition) is 5. The Morgan fingerprint density at radius 3 is 2.17 bits per heavy atom. The molecule has 0 fully saturated rings. The largest absolute Gasteiger partial charge is 0.325 e. The molecule has 2 aromatic carbocycles. The molecule has 0 aliphatic rings. The van der Waals surface area contributed by atoms with Crippen LogP contribution < -0.4 is 5.32 Å². The van der Waals surface area contributed by atoms with E-state index < -0.39 is 4.92 Å². The summed E-state index contributed by atoms with van der Waals surface area (Å²) in [6, 6.07) is 12.7. The van der Waals surface area contributed by atoms with E-state index in [9.17, 15) is 19.7 Å². The number of ketones is 1. The van der Waals surface area contributed by atoms with Gasteiger partial charge in [-0.3, -0.25) is 19.7 Å². The standard InChI is InChI=1S/C17H16N2O4S/c1-11(20)13-3-5-14(6-4-13)18-17(21)12(2)24-16-9-7-15(8-10-16)19(22)23/h3-10,12H,1-2H3,(H,18,21). The molecule has 0 radical (unpaired) electrons. The fraction of sp³-hybridized carbons (Fsp3) is 0.176. The van der Waals surface area contributed by atoms with Gasteiger partial charge in [0.05, 0.1) is 10.2 Å². The van der Waals surface area contributed by atoms with Gasteiger partial charge in [0.2, 0.25) is 5.91 Å². The molecule has 1 N–H and O–H groups in total. The normalized spacial score (nSPS) is 11.6. The highest BCUT2D eigenvalue weighted by molar-refractivity contribution is 8.00. The van der Waals surface area contributed by atoms with Crippen molar-refractivity contribution in [2.75, 3.05) is 5.32 Å². The number of benzene rings is 2. The predicted octanol–water partition coefficient (Wildman–Crippen LogP) is 3.92. The molecule has 0 heterocycles. The maximum absolute atomic E-state index is 12.2. The van der Waals surface area contributed by atoms with Crippen LogP contribution in [0.4, 0.5) is 11.4 Å². The molecule has 0 spiro atoms. The zero-order valence-electron chi connectivity index (χ0n) is 13.2. The van der Waals surface area contributed by atoms with E-state index in [0.717, 1.165) is 4.90 Å². The number of thioether (sulfide) groups is 1. The van der Waals surface area contributed by atoms with E-state index in [2.05, 4.69) is 5.32 Å². The van der Waals surface area contributed by atoms with Crippen LogP contribution >= 0.6 is 11.8 Å². The summed E-state index contributed by atoms with van der Waals surface area (Å²) in [4.78, 5) is 34.4. The van der Waals surface area contributed by atoms with Crippen LogP contribution in [-0.4, -0.2) is 21.9 Å². The van der Waals surface area contributed by atoms with Crippen molar-refractivity contribution >= 4 is 34.8 Å². The van der Waals surface area contributed by atoms with Gasteiger partial charge < -0.3 is 5.32 Å². The molecule has 0 saturated heterocycles. The first-order valence-corrected chi connectivity index (χ1v) is 8.08. The zero-order valence-corrected chi connectivity index (χ0v) is 14.0. The first-order valence-electron chi connectivity index (χ1n) is 7.20. The fourth-order valence-electron chi connectivity index (χ4n) is 1.94. The van der Waals surface area contributed by atoms with Gasteiger partial charge in [-0.05, 0) is 50.2 Å².